The number of hydrogen-bond acceptors (Lipinski definition) is 5. The Bertz CT molecular complexity index is 1340. The molecule has 2 aromatic carbocycles. The molecule has 1 fully saturated rings. The van der Waals surface area contributed by atoms with Crippen molar-refractivity contribution in [3.63, 3.8) is 0 Å². The lowest BCUT2D eigenvalue weighted by atomic mass is 10.1. The van der Waals surface area contributed by atoms with E-state index in [0.29, 0.717) is 41.3 Å². The van der Waals surface area contributed by atoms with Gasteiger partial charge in [0, 0.05) is 49.4 Å². The Labute approximate surface area is 190 Å². The molecule has 5 rings (SSSR count). The Morgan fingerprint density at radius 3 is 2.70 bits per heavy atom. The van der Waals surface area contributed by atoms with Crippen LogP contribution in [0.3, 0.4) is 0 Å². The molecule has 2 amide bonds. The van der Waals surface area contributed by atoms with Gasteiger partial charge in [-0.05, 0) is 36.2 Å². The molecular formula is C24H24N6O3. The maximum Gasteiger partial charge on any atom is 0.257 e. The van der Waals surface area contributed by atoms with Crippen molar-refractivity contribution >= 4 is 28.8 Å². The number of carbonyl (C=O) groups is 2. The van der Waals surface area contributed by atoms with Crippen LogP contribution in [0.15, 0.2) is 48.8 Å². The molecule has 4 aromatic rings. The number of nitrogens with one attached hydrogen (secondary N) is 2. The fourth-order valence-corrected chi connectivity index (χ4v) is 4.12. The number of nitrogens with zero attached hydrogens (tertiary/aromatic N) is 4. The van der Waals surface area contributed by atoms with E-state index in [-0.39, 0.29) is 11.8 Å². The van der Waals surface area contributed by atoms with Crippen LogP contribution < -0.4 is 10.1 Å². The quantitative estimate of drug-likeness (QED) is 0.475. The summed E-state index contributed by atoms with van der Waals surface area (Å²) in [6.45, 7) is 1.36. The van der Waals surface area contributed by atoms with Crippen LogP contribution in [0.25, 0.3) is 22.2 Å². The molecule has 0 bridgehead atoms. The summed E-state index contributed by atoms with van der Waals surface area (Å²) in [4.78, 5) is 34.3. The zero-order chi connectivity index (χ0) is 22.9. The van der Waals surface area contributed by atoms with E-state index in [0.717, 1.165) is 29.7 Å². The van der Waals surface area contributed by atoms with Crippen LogP contribution in [0.5, 0.6) is 5.75 Å². The van der Waals surface area contributed by atoms with Crippen molar-refractivity contribution < 1.29 is 14.3 Å². The van der Waals surface area contributed by atoms with E-state index in [2.05, 4.69) is 20.4 Å². The Kier molecular flexibility index (Phi) is 5.29. The number of ether oxygens (including phenoxy) is 1. The van der Waals surface area contributed by atoms with Gasteiger partial charge in [-0.1, -0.05) is 12.1 Å². The first kappa shape index (κ1) is 20.7. The minimum absolute atomic E-state index is 0.183. The van der Waals surface area contributed by atoms with Gasteiger partial charge in [-0.3, -0.25) is 19.6 Å². The van der Waals surface area contributed by atoms with Crippen molar-refractivity contribution in [3.05, 3.63) is 59.9 Å². The SMILES string of the molecule is COc1ccc(-c2cnn(C)c2)c2nc(NC(=O)c3ccc(CN4CCCC4=O)cc3)[nH]c12. The third kappa shape index (κ3) is 4.05. The number of aryl methyl sites for hydroxylation is 1. The third-order valence-electron chi connectivity index (χ3n) is 5.84. The monoisotopic (exact) mass is 444 g/mol. The Hall–Kier alpha value is -4.14. The number of anilines is 1. The molecule has 1 aliphatic rings. The molecule has 0 saturated carbocycles. The number of H-pyrrole nitrogens is 1. The van der Waals surface area contributed by atoms with Gasteiger partial charge in [0.2, 0.25) is 11.9 Å². The van der Waals surface area contributed by atoms with E-state index in [4.69, 9.17) is 4.74 Å². The van der Waals surface area contributed by atoms with Crippen LogP contribution in [0.4, 0.5) is 5.95 Å². The first-order valence-corrected chi connectivity index (χ1v) is 10.8. The number of aromatic nitrogens is 4. The summed E-state index contributed by atoms with van der Waals surface area (Å²) in [5.41, 5.74) is 4.68. The summed E-state index contributed by atoms with van der Waals surface area (Å²) in [5, 5.41) is 7.07. The number of amides is 2. The zero-order valence-electron chi connectivity index (χ0n) is 18.5. The molecular weight excluding hydrogens is 420 g/mol. The molecule has 9 nitrogen and oxygen atoms in total. The lowest BCUT2D eigenvalue weighted by molar-refractivity contribution is -0.128. The fraction of sp³-hybridized carbons (Fsp3) is 0.250. The second kappa shape index (κ2) is 8.42. The summed E-state index contributed by atoms with van der Waals surface area (Å²) in [6, 6.07) is 11.1. The number of carbonyl (C=O) groups excluding carboxylic acids is 2. The molecule has 1 saturated heterocycles. The molecule has 2 N–H and O–H groups in total. The second-order valence-electron chi connectivity index (χ2n) is 8.10. The summed E-state index contributed by atoms with van der Waals surface area (Å²) in [7, 11) is 3.45. The topological polar surface area (TPSA) is 105 Å². The Morgan fingerprint density at radius 2 is 2.03 bits per heavy atom. The van der Waals surface area contributed by atoms with E-state index in [9.17, 15) is 9.59 Å². The minimum atomic E-state index is -0.278. The van der Waals surface area contributed by atoms with Gasteiger partial charge < -0.3 is 14.6 Å². The van der Waals surface area contributed by atoms with Crippen LogP contribution in [0.1, 0.15) is 28.8 Å². The standard InChI is InChI=1S/C24H24N6O3/c1-29-14-17(12-25-29)18-9-10-19(33-2)22-21(18)26-24(27-22)28-23(32)16-7-5-15(6-8-16)13-30-11-3-4-20(30)31/h5-10,12,14H,3-4,11,13H2,1-2H3,(H2,26,27,28,32). The molecule has 168 valence electrons. The molecule has 1 aliphatic heterocycles. The largest absolute Gasteiger partial charge is 0.494 e. The van der Waals surface area contributed by atoms with Gasteiger partial charge in [-0.15, -0.1) is 0 Å². The van der Waals surface area contributed by atoms with Gasteiger partial charge in [-0.2, -0.15) is 5.10 Å². The lowest BCUT2D eigenvalue weighted by Crippen LogP contribution is -2.23. The first-order valence-electron chi connectivity index (χ1n) is 10.8. The molecule has 0 spiro atoms. The van der Waals surface area contributed by atoms with Crippen LogP contribution in [0, 0.1) is 0 Å². The van der Waals surface area contributed by atoms with E-state index in [1.54, 1.807) is 30.1 Å². The van der Waals surface area contributed by atoms with Gasteiger partial charge in [0.1, 0.15) is 16.8 Å². The Balaban J connectivity index is 1.37. The predicted molar refractivity (Wildman–Crippen MR) is 124 cm³/mol. The predicted octanol–water partition coefficient (Wildman–Crippen LogP) is 3.35. The minimum Gasteiger partial charge on any atom is -0.494 e. The molecule has 2 aromatic heterocycles. The van der Waals surface area contributed by atoms with Gasteiger partial charge in [0.15, 0.2) is 0 Å². The number of aromatic amines is 1. The normalized spacial score (nSPS) is 13.6. The number of hydrogen-bond donors (Lipinski definition) is 2. The van der Waals surface area contributed by atoms with E-state index < -0.39 is 0 Å². The highest BCUT2D eigenvalue weighted by Crippen LogP contribution is 2.33. The number of rotatable bonds is 6. The van der Waals surface area contributed by atoms with E-state index >= 15 is 0 Å². The maximum absolute atomic E-state index is 12.8. The first-order chi connectivity index (χ1) is 16.0. The zero-order valence-corrected chi connectivity index (χ0v) is 18.5. The van der Waals surface area contributed by atoms with Gasteiger partial charge in [-0.25, -0.2) is 4.98 Å². The summed E-state index contributed by atoms with van der Waals surface area (Å²) in [5.74, 6) is 0.866. The molecule has 3 heterocycles. The highest BCUT2D eigenvalue weighted by Gasteiger charge is 2.20. The van der Waals surface area contributed by atoms with Crippen LogP contribution >= 0.6 is 0 Å². The summed E-state index contributed by atoms with van der Waals surface area (Å²) < 4.78 is 7.20. The molecule has 0 unspecified atom stereocenters. The lowest BCUT2D eigenvalue weighted by Gasteiger charge is -2.15. The maximum atomic E-state index is 12.8. The van der Waals surface area contributed by atoms with Crippen molar-refractivity contribution in [3.8, 4) is 16.9 Å². The molecule has 33 heavy (non-hydrogen) atoms. The summed E-state index contributed by atoms with van der Waals surface area (Å²) in [6.07, 6.45) is 5.20. The van der Waals surface area contributed by atoms with Crippen molar-refractivity contribution in [2.75, 3.05) is 19.0 Å². The van der Waals surface area contributed by atoms with Crippen LogP contribution in [-0.4, -0.2) is 50.1 Å². The molecule has 0 aliphatic carbocycles. The highest BCUT2D eigenvalue weighted by atomic mass is 16.5. The Morgan fingerprint density at radius 1 is 1.21 bits per heavy atom. The van der Waals surface area contributed by atoms with E-state index in [1.807, 2.05) is 42.4 Å². The number of likely N-dealkylation sites (tertiary alicyclic amines) is 1. The second-order valence-corrected chi connectivity index (χ2v) is 8.10. The number of methoxy groups -OCH3 is 1. The van der Waals surface area contributed by atoms with E-state index in [1.165, 1.54) is 0 Å². The number of fused-ring (bicyclic) bond motifs is 1. The highest BCUT2D eigenvalue weighted by molar-refractivity contribution is 6.05. The van der Waals surface area contributed by atoms with Gasteiger partial charge >= 0.3 is 0 Å². The smallest absolute Gasteiger partial charge is 0.257 e. The van der Waals surface area contributed by atoms with Crippen molar-refractivity contribution in [2.45, 2.75) is 19.4 Å². The van der Waals surface area contributed by atoms with Crippen LogP contribution in [0.2, 0.25) is 0 Å². The van der Waals surface area contributed by atoms with Crippen LogP contribution in [-0.2, 0) is 18.4 Å². The van der Waals surface area contributed by atoms with Crippen molar-refractivity contribution in [2.24, 2.45) is 7.05 Å². The summed E-state index contributed by atoms with van der Waals surface area (Å²) >= 11 is 0. The molecule has 9 heteroatoms. The van der Waals surface area contributed by atoms with Crippen molar-refractivity contribution in [1.82, 2.24) is 24.6 Å². The fourth-order valence-electron chi connectivity index (χ4n) is 4.12. The third-order valence-corrected chi connectivity index (χ3v) is 5.84. The van der Waals surface area contributed by atoms with Gasteiger partial charge in [0.25, 0.3) is 5.91 Å². The van der Waals surface area contributed by atoms with Crippen molar-refractivity contribution in [1.29, 1.82) is 0 Å². The average Bonchev–Trinajstić information content (AvgIpc) is 3.54. The van der Waals surface area contributed by atoms with Gasteiger partial charge in [0.05, 0.1) is 13.3 Å². The number of benzene rings is 2. The molecule has 0 radical (unpaired) electrons. The molecule has 0 atom stereocenters. The average molecular weight is 444 g/mol. The number of imidazole rings is 1.